The molecule has 0 spiro atoms. The molecular formula is C10H14N2O2. The van der Waals surface area contributed by atoms with Crippen molar-refractivity contribution >= 4 is 17.8 Å². The number of aliphatic hydroxyl groups is 1. The second-order valence-corrected chi connectivity index (χ2v) is 2.93. The first-order valence-electron chi connectivity index (χ1n) is 4.47. The number of amides is 1. The van der Waals surface area contributed by atoms with Gasteiger partial charge >= 0.3 is 0 Å². The maximum atomic E-state index is 10.8. The van der Waals surface area contributed by atoms with E-state index in [0.29, 0.717) is 24.3 Å². The zero-order chi connectivity index (χ0) is 10.4. The molecule has 0 aromatic heterocycles. The highest BCUT2D eigenvalue weighted by Crippen LogP contribution is 2.20. The number of nitrogen functional groups attached to an aromatic ring is 1. The molecule has 1 rings (SSSR count). The normalized spacial score (nSPS) is 9.79. The van der Waals surface area contributed by atoms with Crippen molar-refractivity contribution in [1.82, 2.24) is 0 Å². The largest absolute Gasteiger partial charge is 0.397 e. The molecule has 0 saturated heterocycles. The Labute approximate surface area is 82.9 Å². The first-order valence-corrected chi connectivity index (χ1v) is 4.47. The summed E-state index contributed by atoms with van der Waals surface area (Å²) in [7, 11) is 0. The van der Waals surface area contributed by atoms with E-state index in [2.05, 4.69) is 0 Å². The van der Waals surface area contributed by atoms with E-state index in [0.717, 1.165) is 6.41 Å². The van der Waals surface area contributed by atoms with Crippen molar-refractivity contribution in [1.29, 1.82) is 0 Å². The zero-order valence-corrected chi connectivity index (χ0v) is 7.89. The van der Waals surface area contributed by atoms with Crippen LogP contribution in [0.1, 0.15) is 6.42 Å². The number of carbonyl (C=O) groups is 1. The number of hydrogen-bond acceptors (Lipinski definition) is 3. The van der Waals surface area contributed by atoms with E-state index in [1.54, 1.807) is 12.1 Å². The summed E-state index contributed by atoms with van der Waals surface area (Å²) in [5.41, 5.74) is 6.96. The van der Waals surface area contributed by atoms with Crippen LogP contribution in [0.4, 0.5) is 11.4 Å². The smallest absolute Gasteiger partial charge is 0.214 e. The van der Waals surface area contributed by atoms with Crippen LogP contribution in [0.15, 0.2) is 24.3 Å². The van der Waals surface area contributed by atoms with Gasteiger partial charge in [0, 0.05) is 13.2 Å². The molecule has 0 fully saturated rings. The van der Waals surface area contributed by atoms with Crippen LogP contribution in [-0.4, -0.2) is 24.7 Å². The van der Waals surface area contributed by atoms with Crippen molar-refractivity contribution in [2.45, 2.75) is 6.42 Å². The number of hydrogen-bond donors (Lipinski definition) is 2. The van der Waals surface area contributed by atoms with Gasteiger partial charge in [-0.15, -0.1) is 0 Å². The molecular weight excluding hydrogens is 180 g/mol. The molecule has 0 unspecified atom stereocenters. The van der Waals surface area contributed by atoms with Crippen molar-refractivity contribution in [2.75, 3.05) is 23.8 Å². The number of rotatable bonds is 5. The summed E-state index contributed by atoms with van der Waals surface area (Å²) < 4.78 is 0. The van der Waals surface area contributed by atoms with Gasteiger partial charge in [-0.05, 0) is 18.6 Å². The molecule has 0 atom stereocenters. The monoisotopic (exact) mass is 194 g/mol. The molecule has 4 nitrogen and oxygen atoms in total. The van der Waals surface area contributed by atoms with Crippen LogP contribution >= 0.6 is 0 Å². The molecule has 0 saturated carbocycles. The lowest BCUT2D eigenvalue weighted by atomic mass is 10.2. The van der Waals surface area contributed by atoms with Crippen LogP contribution in [-0.2, 0) is 4.79 Å². The van der Waals surface area contributed by atoms with Gasteiger partial charge in [0.2, 0.25) is 6.41 Å². The molecule has 14 heavy (non-hydrogen) atoms. The molecule has 0 aliphatic carbocycles. The number of aliphatic hydroxyl groups excluding tert-OH is 1. The third-order valence-electron chi connectivity index (χ3n) is 1.93. The summed E-state index contributed by atoms with van der Waals surface area (Å²) in [4.78, 5) is 12.2. The SMILES string of the molecule is Nc1ccccc1N(C=O)CCCO. The van der Waals surface area contributed by atoms with Gasteiger partial charge in [0.05, 0.1) is 11.4 Å². The second-order valence-electron chi connectivity index (χ2n) is 2.93. The Morgan fingerprint density at radius 1 is 1.43 bits per heavy atom. The van der Waals surface area contributed by atoms with E-state index in [4.69, 9.17) is 10.8 Å². The van der Waals surface area contributed by atoms with Gasteiger partial charge < -0.3 is 15.7 Å². The highest BCUT2D eigenvalue weighted by molar-refractivity contribution is 5.82. The van der Waals surface area contributed by atoms with E-state index in [9.17, 15) is 4.79 Å². The summed E-state index contributed by atoms with van der Waals surface area (Å²) in [5.74, 6) is 0. The lowest BCUT2D eigenvalue weighted by molar-refractivity contribution is -0.107. The number of carbonyl (C=O) groups excluding carboxylic acids is 1. The minimum Gasteiger partial charge on any atom is -0.397 e. The van der Waals surface area contributed by atoms with Crippen molar-refractivity contribution < 1.29 is 9.90 Å². The molecule has 0 bridgehead atoms. The van der Waals surface area contributed by atoms with Gasteiger partial charge in [-0.25, -0.2) is 0 Å². The van der Waals surface area contributed by atoms with Crippen LogP contribution in [0.5, 0.6) is 0 Å². The average molecular weight is 194 g/mol. The maximum absolute atomic E-state index is 10.8. The molecule has 1 amide bonds. The summed E-state index contributed by atoms with van der Waals surface area (Å²) in [6.45, 7) is 0.547. The molecule has 1 aromatic carbocycles. The van der Waals surface area contributed by atoms with Crippen LogP contribution in [0, 0.1) is 0 Å². The third kappa shape index (κ3) is 2.47. The van der Waals surface area contributed by atoms with Crippen molar-refractivity contribution in [3.63, 3.8) is 0 Å². The van der Waals surface area contributed by atoms with Crippen LogP contribution in [0.3, 0.4) is 0 Å². The summed E-state index contributed by atoms with van der Waals surface area (Å²) in [6.07, 6.45) is 1.27. The van der Waals surface area contributed by atoms with Gasteiger partial charge in [-0.1, -0.05) is 12.1 Å². The Morgan fingerprint density at radius 2 is 2.14 bits per heavy atom. The van der Waals surface area contributed by atoms with Crippen molar-refractivity contribution in [3.8, 4) is 0 Å². The molecule has 3 N–H and O–H groups in total. The van der Waals surface area contributed by atoms with E-state index in [1.807, 2.05) is 12.1 Å². The molecule has 4 heteroatoms. The average Bonchev–Trinajstić information content (AvgIpc) is 2.21. The van der Waals surface area contributed by atoms with Crippen LogP contribution < -0.4 is 10.6 Å². The summed E-state index contributed by atoms with van der Waals surface area (Å²) in [6, 6.07) is 7.15. The first-order chi connectivity index (χ1) is 6.79. The molecule has 76 valence electrons. The van der Waals surface area contributed by atoms with Crippen molar-refractivity contribution in [3.05, 3.63) is 24.3 Å². The standard InChI is InChI=1S/C10H14N2O2/c11-9-4-1-2-5-10(9)12(8-14)6-3-7-13/h1-2,4-5,8,13H,3,6-7,11H2. The minimum absolute atomic E-state index is 0.0665. The highest BCUT2D eigenvalue weighted by atomic mass is 16.3. The van der Waals surface area contributed by atoms with Crippen LogP contribution in [0.2, 0.25) is 0 Å². The van der Waals surface area contributed by atoms with E-state index in [1.165, 1.54) is 4.90 Å². The number of anilines is 2. The lowest BCUT2D eigenvalue weighted by Gasteiger charge is -2.18. The van der Waals surface area contributed by atoms with Gasteiger partial charge in [-0.3, -0.25) is 4.79 Å². The summed E-state index contributed by atoms with van der Waals surface area (Å²) in [5, 5.41) is 8.65. The Hall–Kier alpha value is -1.55. The van der Waals surface area contributed by atoms with Gasteiger partial charge in [0.25, 0.3) is 0 Å². The number of nitrogens with two attached hydrogens (primary N) is 1. The Balaban J connectivity index is 2.78. The fourth-order valence-corrected chi connectivity index (χ4v) is 1.22. The first kappa shape index (κ1) is 10.5. The van der Waals surface area contributed by atoms with Crippen molar-refractivity contribution in [2.24, 2.45) is 0 Å². The Kier molecular flexibility index (Phi) is 3.94. The maximum Gasteiger partial charge on any atom is 0.214 e. The van der Waals surface area contributed by atoms with Gasteiger partial charge in [0.1, 0.15) is 0 Å². The number of nitrogens with zero attached hydrogens (tertiary/aromatic N) is 1. The predicted octanol–water partition coefficient (Wildman–Crippen LogP) is 0.614. The molecule has 1 aromatic rings. The molecule has 0 heterocycles. The van der Waals surface area contributed by atoms with E-state index in [-0.39, 0.29) is 6.61 Å². The minimum atomic E-state index is 0.0665. The van der Waals surface area contributed by atoms with E-state index >= 15 is 0 Å². The fourth-order valence-electron chi connectivity index (χ4n) is 1.22. The Morgan fingerprint density at radius 3 is 2.71 bits per heavy atom. The second kappa shape index (κ2) is 5.24. The van der Waals surface area contributed by atoms with Gasteiger partial charge in [-0.2, -0.15) is 0 Å². The molecule has 0 radical (unpaired) electrons. The fraction of sp³-hybridized carbons (Fsp3) is 0.300. The van der Waals surface area contributed by atoms with E-state index < -0.39 is 0 Å². The molecule has 0 aliphatic heterocycles. The van der Waals surface area contributed by atoms with Gasteiger partial charge in [0.15, 0.2) is 0 Å². The van der Waals surface area contributed by atoms with Crippen LogP contribution in [0.25, 0.3) is 0 Å². The molecule has 0 aliphatic rings. The summed E-state index contributed by atoms with van der Waals surface area (Å²) >= 11 is 0. The number of benzene rings is 1. The topological polar surface area (TPSA) is 66.6 Å². The lowest BCUT2D eigenvalue weighted by Crippen LogP contribution is -2.23. The zero-order valence-electron chi connectivity index (χ0n) is 7.89. The third-order valence-corrected chi connectivity index (χ3v) is 1.93. The predicted molar refractivity (Wildman–Crippen MR) is 56.0 cm³/mol. The quantitative estimate of drug-likeness (QED) is 0.533. The highest BCUT2D eigenvalue weighted by Gasteiger charge is 2.06. The number of para-hydroxylation sites is 2. The Bertz CT molecular complexity index is 302.